The summed E-state index contributed by atoms with van der Waals surface area (Å²) in [6.07, 6.45) is 5.37. The zero-order chi connectivity index (χ0) is 18.7. The number of thiophene rings is 1. The Labute approximate surface area is 159 Å². The molecule has 0 fully saturated rings. The number of carbonyl (C=O) groups excluding carboxylic acids is 1. The molecule has 0 bridgehead atoms. The van der Waals surface area contributed by atoms with E-state index in [0.29, 0.717) is 27.8 Å². The van der Waals surface area contributed by atoms with E-state index in [9.17, 15) is 14.9 Å². The van der Waals surface area contributed by atoms with E-state index in [2.05, 4.69) is 4.99 Å². The van der Waals surface area contributed by atoms with Crippen LogP contribution in [0.1, 0.15) is 46.1 Å². The molecule has 0 unspecified atom stereocenters. The quantitative estimate of drug-likeness (QED) is 0.306. The standard InChI is InChI=1S/C18H17ClN2O4S/c1-2-25-18(22)16-13-5-3-4-6-15(13)26-17(16)20-10-11-9-12(21(23)24)7-8-14(11)19/h7-10H,2-6H2,1H3/b20-10+. The minimum absolute atomic E-state index is 0.0630. The summed E-state index contributed by atoms with van der Waals surface area (Å²) in [6, 6.07) is 4.17. The Balaban J connectivity index is 2.01. The molecular formula is C18H17ClN2O4S. The first-order valence-corrected chi connectivity index (χ1v) is 9.50. The molecule has 1 aliphatic rings. The van der Waals surface area contributed by atoms with E-state index < -0.39 is 4.92 Å². The van der Waals surface area contributed by atoms with Crippen molar-refractivity contribution in [3.8, 4) is 0 Å². The zero-order valence-electron chi connectivity index (χ0n) is 14.2. The lowest BCUT2D eigenvalue weighted by atomic mass is 9.95. The second kappa shape index (κ2) is 7.97. The van der Waals surface area contributed by atoms with Crippen molar-refractivity contribution in [3.63, 3.8) is 0 Å². The summed E-state index contributed by atoms with van der Waals surface area (Å²) in [4.78, 5) is 28.5. The van der Waals surface area contributed by atoms with Gasteiger partial charge in [-0.1, -0.05) is 11.6 Å². The van der Waals surface area contributed by atoms with Gasteiger partial charge in [0.25, 0.3) is 5.69 Å². The van der Waals surface area contributed by atoms with Crippen LogP contribution in [-0.2, 0) is 17.6 Å². The number of rotatable bonds is 5. The fourth-order valence-corrected chi connectivity index (χ4v) is 4.32. The SMILES string of the molecule is CCOC(=O)c1c(/N=C/c2cc([N+](=O)[O-])ccc2Cl)sc2c1CCCC2. The summed E-state index contributed by atoms with van der Waals surface area (Å²) >= 11 is 7.59. The summed E-state index contributed by atoms with van der Waals surface area (Å²) in [5.41, 5.74) is 1.91. The van der Waals surface area contributed by atoms with E-state index in [-0.39, 0.29) is 11.7 Å². The van der Waals surface area contributed by atoms with Gasteiger partial charge in [-0.3, -0.25) is 10.1 Å². The third kappa shape index (κ3) is 3.78. The molecule has 26 heavy (non-hydrogen) atoms. The van der Waals surface area contributed by atoms with Crippen LogP contribution < -0.4 is 0 Å². The molecule has 6 nitrogen and oxygen atoms in total. The highest BCUT2D eigenvalue weighted by atomic mass is 35.5. The molecular weight excluding hydrogens is 376 g/mol. The molecule has 3 rings (SSSR count). The highest BCUT2D eigenvalue weighted by Gasteiger charge is 2.26. The van der Waals surface area contributed by atoms with Gasteiger partial charge < -0.3 is 4.74 Å². The molecule has 0 saturated heterocycles. The summed E-state index contributed by atoms with van der Waals surface area (Å²) in [7, 11) is 0. The fraction of sp³-hybridized carbons (Fsp3) is 0.333. The van der Waals surface area contributed by atoms with Gasteiger partial charge >= 0.3 is 5.97 Å². The smallest absolute Gasteiger partial charge is 0.341 e. The largest absolute Gasteiger partial charge is 0.462 e. The Bertz CT molecular complexity index is 892. The molecule has 0 radical (unpaired) electrons. The molecule has 8 heteroatoms. The van der Waals surface area contributed by atoms with Crippen molar-refractivity contribution < 1.29 is 14.5 Å². The third-order valence-corrected chi connectivity index (χ3v) is 5.69. The van der Waals surface area contributed by atoms with Crippen molar-refractivity contribution in [3.05, 3.63) is 54.9 Å². The first-order chi connectivity index (χ1) is 12.5. The van der Waals surface area contributed by atoms with Crippen molar-refractivity contribution in [1.82, 2.24) is 0 Å². The lowest BCUT2D eigenvalue weighted by Gasteiger charge is -2.11. The molecule has 0 aliphatic heterocycles. The molecule has 136 valence electrons. The lowest BCUT2D eigenvalue weighted by Crippen LogP contribution is -2.09. The molecule has 0 atom stereocenters. The van der Waals surface area contributed by atoms with Gasteiger partial charge in [0.05, 0.1) is 17.1 Å². The fourth-order valence-electron chi connectivity index (χ4n) is 2.93. The predicted octanol–water partition coefficient (Wildman–Crippen LogP) is 5.12. The van der Waals surface area contributed by atoms with E-state index >= 15 is 0 Å². The molecule has 1 heterocycles. The Morgan fingerprint density at radius 2 is 2.19 bits per heavy atom. The molecule has 0 saturated carbocycles. The van der Waals surface area contributed by atoms with Gasteiger partial charge in [0, 0.05) is 33.8 Å². The maximum atomic E-state index is 12.4. The van der Waals surface area contributed by atoms with Crippen LogP contribution in [0.2, 0.25) is 5.02 Å². The van der Waals surface area contributed by atoms with Crippen LogP contribution in [0.3, 0.4) is 0 Å². The number of hydrogen-bond acceptors (Lipinski definition) is 6. The number of nitro benzene ring substituents is 1. The van der Waals surface area contributed by atoms with Crippen LogP contribution in [0.25, 0.3) is 0 Å². The van der Waals surface area contributed by atoms with Gasteiger partial charge in [-0.25, -0.2) is 9.79 Å². The topological polar surface area (TPSA) is 81.8 Å². The number of non-ortho nitro benzene ring substituents is 1. The monoisotopic (exact) mass is 392 g/mol. The second-order valence-electron chi connectivity index (χ2n) is 5.83. The summed E-state index contributed by atoms with van der Waals surface area (Å²) in [6.45, 7) is 2.06. The van der Waals surface area contributed by atoms with E-state index in [0.717, 1.165) is 36.1 Å². The number of fused-ring (bicyclic) bond motifs is 1. The van der Waals surface area contributed by atoms with Gasteiger partial charge in [0.2, 0.25) is 0 Å². The van der Waals surface area contributed by atoms with Crippen LogP contribution in [0, 0.1) is 10.1 Å². The van der Waals surface area contributed by atoms with E-state index in [1.54, 1.807) is 6.92 Å². The maximum Gasteiger partial charge on any atom is 0.341 e. The van der Waals surface area contributed by atoms with Crippen LogP contribution in [0.5, 0.6) is 0 Å². The van der Waals surface area contributed by atoms with Crippen LogP contribution in [0.4, 0.5) is 10.7 Å². The molecule has 1 aliphatic carbocycles. The van der Waals surface area contributed by atoms with Crippen molar-refractivity contribution >= 4 is 45.8 Å². The first-order valence-electron chi connectivity index (χ1n) is 8.31. The molecule has 0 N–H and O–H groups in total. The van der Waals surface area contributed by atoms with Gasteiger partial charge in [-0.2, -0.15) is 0 Å². The highest BCUT2D eigenvalue weighted by molar-refractivity contribution is 7.16. The van der Waals surface area contributed by atoms with E-state index in [4.69, 9.17) is 16.3 Å². The van der Waals surface area contributed by atoms with Gasteiger partial charge in [-0.05, 0) is 44.2 Å². The van der Waals surface area contributed by atoms with Crippen LogP contribution in [0.15, 0.2) is 23.2 Å². The number of halogens is 1. The maximum absolute atomic E-state index is 12.4. The third-order valence-electron chi connectivity index (χ3n) is 4.14. The lowest BCUT2D eigenvalue weighted by molar-refractivity contribution is -0.384. The van der Waals surface area contributed by atoms with Crippen LogP contribution in [-0.4, -0.2) is 23.7 Å². The Morgan fingerprint density at radius 1 is 1.42 bits per heavy atom. The molecule has 0 amide bonds. The number of aliphatic imine (C=N–C) groups is 1. The number of benzene rings is 1. The Morgan fingerprint density at radius 3 is 2.92 bits per heavy atom. The average Bonchev–Trinajstić information content (AvgIpc) is 2.99. The zero-order valence-corrected chi connectivity index (χ0v) is 15.7. The second-order valence-corrected chi connectivity index (χ2v) is 7.32. The molecule has 1 aromatic heterocycles. The number of nitrogens with zero attached hydrogens (tertiary/aromatic N) is 2. The van der Waals surface area contributed by atoms with Crippen LogP contribution >= 0.6 is 22.9 Å². The number of ether oxygens (including phenoxy) is 1. The van der Waals surface area contributed by atoms with Gasteiger partial charge in [0.1, 0.15) is 5.00 Å². The van der Waals surface area contributed by atoms with Gasteiger partial charge in [0.15, 0.2) is 0 Å². The summed E-state index contributed by atoms with van der Waals surface area (Å²) in [5.74, 6) is -0.371. The van der Waals surface area contributed by atoms with Crippen molar-refractivity contribution in [2.75, 3.05) is 6.61 Å². The summed E-state index contributed by atoms with van der Waals surface area (Å²) < 4.78 is 5.20. The first kappa shape index (κ1) is 18.5. The number of esters is 1. The Kier molecular flexibility index (Phi) is 5.68. The minimum atomic E-state index is -0.485. The van der Waals surface area contributed by atoms with E-state index in [1.165, 1.54) is 35.8 Å². The Hall–Kier alpha value is -2.25. The predicted molar refractivity (Wildman–Crippen MR) is 102 cm³/mol. The normalized spacial score (nSPS) is 13.6. The molecule has 0 spiro atoms. The van der Waals surface area contributed by atoms with Crippen molar-refractivity contribution in [1.29, 1.82) is 0 Å². The van der Waals surface area contributed by atoms with Gasteiger partial charge in [-0.15, -0.1) is 11.3 Å². The number of carbonyl (C=O) groups is 1. The van der Waals surface area contributed by atoms with Crippen molar-refractivity contribution in [2.45, 2.75) is 32.6 Å². The van der Waals surface area contributed by atoms with Crippen molar-refractivity contribution in [2.24, 2.45) is 4.99 Å². The number of hydrogen-bond donors (Lipinski definition) is 0. The molecule has 2 aromatic rings. The average molecular weight is 393 g/mol. The highest BCUT2D eigenvalue weighted by Crippen LogP contribution is 2.40. The van der Waals surface area contributed by atoms with E-state index in [1.807, 2.05) is 0 Å². The minimum Gasteiger partial charge on any atom is -0.462 e. The molecule has 1 aromatic carbocycles. The number of nitro groups is 1. The summed E-state index contributed by atoms with van der Waals surface area (Å²) in [5, 5.41) is 11.9. The number of aryl methyl sites for hydroxylation is 1.